The van der Waals surface area contributed by atoms with Crippen LogP contribution in [-0.4, -0.2) is 40.1 Å². The maximum Gasteiger partial charge on any atom is 0.235 e. The van der Waals surface area contributed by atoms with Crippen molar-refractivity contribution < 1.29 is 13.6 Å². The van der Waals surface area contributed by atoms with Crippen molar-refractivity contribution in [2.24, 2.45) is 5.92 Å². The van der Waals surface area contributed by atoms with Crippen LogP contribution in [0.4, 0.5) is 0 Å². The molecule has 12 heavy (non-hydrogen) atoms. The summed E-state index contributed by atoms with van der Waals surface area (Å²) in [7, 11) is 0. The van der Waals surface area contributed by atoms with E-state index in [9.17, 15) is 9.00 Å². The molecule has 1 amide bonds. The molecule has 1 saturated heterocycles. The summed E-state index contributed by atoms with van der Waals surface area (Å²) in [5.41, 5.74) is 0. The van der Waals surface area contributed by atoms with Gasteiger partial charge in [0, 0.05) is 25.6 Å². The molecule has 0 spiro atoms. The van der Waals surface area contributed by atoms with E-state index in [0.717, 1.165) is 13.1 Å². The van der Waals surface area contributed by atoms with Crippen LogP contribution >= 0.6 is 0 Å². The maximum absolute atomic E-state index is 10.8. The molecular weight excluding hydrogens is 180 g/mol. The number of amides is 1. The van der Waals surface area contributed by atoms with Gasteiger partial charge in [-0.05, 0) is 0 Å². The Morgan fingerprint density at radius 3 is 2.75 bits per heavy atom. The molecule has 70 valence electrons. The van der Waals surface area contributed by atoms with Crippen LogP contribution in [0.15, 0.2) is 0 Å². The lowest BCUT2D eigenvalue weighted by atomic mass is 10.0. The molecule has 6 heteroatoms. The average molecular weight is 192 g/mol. The zero-order valence-electron chi connectivity index (χ0n) is 6.58. The van der Waals surface area contributed by atoms with Gasteiger partial charge in [0.2, 0.25) is 5.91 Å². The van der Waals surface area contributed by atoms with Crippen molar-refractivity contribution in [3.05, 3.63) is 0 Å². The fourth-order valence-electron chi connectivity index (χ4n) is 0.914. The number of rotatable bonds is 4. The van der Waals surface area contributed by atoms with Gasteiger partial charge in [-0.25, -0.2) is 4.21 Å². The van der Waals surface area contributed by atoms with Crippen LogP contribution in [-0.2, 0) is 15.9 Å². The van der Waals surface area contributed by atoms with Gasteiger partial charge in [-0.2, -0.15) is 0 Å². The first-order chi connectivity index (χ1) is 5.68. The highest BCUT2D eigenvalue weighted by Gasteiger charge is 2.17. The highest BCUT2D eigenvalue weighted by atomic mass is 32.2. The van der Waals surface area contributed by atoms with Crippen LogP contribution in [0.2, 0.25) is 0 Å². The van der Waals surface area contributed by atoms with Gasteiger partial charge in [0.05, 0.1) is 0 Å². The molecule has 0 aromatic carbocycles. The Morgan fingerprint density at radius 1 is 1.67 bits per heavy atom. The predicted molar refractivity (Wildman–Crippen MR) is 45.0 cm³/mol. The molecule has 1 rings (SSSR count). The summed E-state index contributed by atoms with van der Waals surface area (Å²) in [5.74, 6) is -0.191. The third-order valence-corrected chi connectivity index (χ3v) is 2.22. The molecule has 0 radical (unpaired) electrons. The van der Waals surface area contributed by atoms with E-state index < -0.39 is 11.1 Å². The monoisotopic (exact) mass is 192 g/mol. The van der Waals surface area contributed by atoms with Gasteiger partial charge in [0.1, 0.15) is 5.75 Å². The third-order valence-electron chi connectivity index (χ3n) is 1.71. The Morgan fingerprint density at radius 2 is 2.33 bits per heavy atom. The van der Waals surface area contributed by atoms with Crippen LogP contribution < -0.4 is 10.6 Å². The Hall–Kier alpha value is -0.460. The molecule has 1 heterocycles. The fraction of sp³-hybridized carbons (Fsp3) is 0.833. The number of hydrogen-bond donors (Lipinski definition) is 3. The van der Waals surface area contributed by atoms with E-state index >= 15 is 0 Å². The van der Waals surface area contributed by atoms with Crippen LogP contribution in [0.5, 0.6) is 0 Å². The molecule has 1 unspecified atom stereocenters. The lowest BCUT2D eigenvalue weighted by molar-refractivity contribution is -0.118. The Labute approximate surface area is 73.2 Å². The molecule has 0 aromatic heterocycles. The predicted octanol–water partition coefficient (Wildman–Crippen LogP) is -1.46. The largest absolute Gasteiger partial charge is 0.355 e. The zero-order chi connectivity index (χ0) is 8.97. The molecule has 0 aromatic rings. The minimum atomic E-state index is -2.02. The molecular formula is C6H12N2O3S. The van der Waals surface area contributed by atoms with Crippen LogP contribution in [0.1, 0.15) is 0 Å². The highest BCUT2D eigenvalue weighted by molar-refractivity contribution is 7.80. The molecule has 0 saturated carbocycles. The SMILES string of the molecule is O=C(CS(=O)O)NCC1CNC1. The Bertz CT molecular complexity index is 193. The van der Waals surface area contributed by atoms with Gasteiger partial charge in [-0.3, -0.25) is 4.79 Å². The number of nitrogens with one attached hydrogen (secondary N) is 2. The molecule has 5 nitrogen and oxygen atoms in total. The summed E-state index contributed by atoms with van der Waals surface area (Å²) < 4.78 is 18.5. The summed E-state index contributed by atoms with van der Waals surface area (Å²) in [6.07, 6.45) is 0. The standard InChI is InChI=1S/C6H12N2O3S/c9-6(4-12(10)11)8-3-5-1-7-2-5/h5,7H,1-4H2,(H,8,9)(H,10,11). The van der Waals surface area contributed by atoms with Gasteiger partial charge in [0.15, 0.2) is 11.1 Å². The van der Waals surface area contributed by atoms with E-state index in [0.29, 0.717) is 12.5 Å². The summed E-state index contributed by atoms with van der Waals surface area (Å²) in [5, 5.41) is 5.65. The second kappa shape index (κ2) is 4.54. The fourth-order valence-corrected chi connectivity index (χ4v) is 1.24. The first-order valence-electron chi connectivity index (χ1n) is 3.73. The molecule has 1 atom stereocenters. The molecule has 0 aliphatic carbocycles. The summed E-state index contributed by atoms with van der Waals surface area (Å²) >= 11 is -2.02. The third kappa shape index (κ3) is 3.29. The number of carbonyl (C=O) groups excluding carboxylic acids is 1. The topological polar surface area (TPSA) is 78.4 Å². The van der Waals surface area contributed by atoms with E-state index in [1.165, 1.54) is 0 Å². The van der Waals surface area contributed by atoms with E-state index in [1.54, 1.807) is 0 Å². The molecule has 1 fully saturated rings. The van der Waals surface area contributed by atoms with Crippen molar-refractivity contribution in [3.63, 3.8) is 0 Å². The van der Waals surface area contributed by atoms with Crippen LogP contribution in [0.3, 0.4) is 0 Å². The van der Waals surface area contributed by atoms with Crippen LogP contribution in [0.25, 0.3) is 0 Å². The van der Waals surface area contributed by atoms with Crippen molar-refractivity contribution in [1.82, 2.24) is 10.6 Å². The normalized spacial score (nSPS) is 19.8. The molecule has 3 N–H and O–H groups in total. The lowest BCUT2D eigenvalue weighted by Gasteiger charge is -2.26. The van der Waals surface area contributed by atoms with Crippen molar-refractivity contribution in [2.45, 2.75) is 0 Å². The van der Waals surface area contributed by atoms with Crippen molar-refractivity contribution in [1.29, 1.82) is 0 Å². The summed E-state index contributed by atoms with van der Waals surface area (Å²) in [6.45, 7) is 2.44. The van der Waals surface area contributed by atoms with Gasteiger partial charge in [-0.1, -0.05) is 0 Å². The van der Waals surface area contributed by atoms with Gasteiger partial charge in [0.25, 0.3) is 0 Å². The second-order valence-corrected chi connectivity index (χ2v) is 3.73. The molecule has 1 aliphatic rings. The molecule has 0 bridgehead atoms. The first kappa shape index (κ1) is 9.63. The second-order valence-electron chi connectivity index (χ2n) is 2.79. The van der Waals surface area contributed by atoms with E-state index in [-0.39, 0.29) is 11.7 Å². The minimum Gasteiger partial charge on any atom is -0.355 e. The first-order valence-corrected chi connectivity index (χ1v) is 5.01. The summed E-state index contributed by atoms with van der Waals surface area (Å²) in [6, 6.07) is 0. The molecule has 1 aliphatic heterocycles. The van der Waals surface area contributed by atoms with Crippen molar-refractivity contribution in [2.75, 3.05) is 25.4 Å². The van der Waals surface area contributed by atoms with Crippen molar-refractivity contribution >= 4 is 17.0 Å². The highest BCUT2D eigenvalue weighted by Crippen LogP contribution is 1.99. The smallest absolute Gasteiger partial charge is 0.235 e. The lowest BCUT2D eigenvalue weighted by Crippen LogP contribution is -2.48. The van der Waals surface area contributed by atoms with Gasteiger partial charge >= 0.3 is 0 Å². The van der Waals surface area contributed by atoms with Crippen molar-refractivity contribution in [3.8, 4) is 0 Å². The minimum absolute atomic E-state index is 0.319. The maximum atomic E-state index is 10.8. The van der Waals surface area contributed by atoms with E-state index in [1.807, 2.05) is 0 Å². The van der Waals surface area contributed by atoms with Gasteiger partial charge < -0.3 is 15.2 Å². The number of hydrogen-bond acceptors (Lipinski definition) is 3. The Kier molecular flexibility index (Phi) is 3.64. The quantitative estimate of drug-likeness (QED) is 0.476. The van der Waals surface area contributed by atoms with E-state index in [2.05, 4.69) is 10.6 Å². The Balaban J connectivity index is 2.05. The van der Waals surface area contributed by atoms with E-state index in [4.69, 9.17) is 4.55 Å². The van der Waals surface area contributed by atoms with Gasteiger partial charge in [-0.15, -0.1) is 0 Å². The number of carbonyl (C=O) groups is 1. The van der Waals surface area contributed by atoms with Crippen LogP contribution in [0, 0.1) is 5.92 Å². The summed E-state index contributed by atoms with van der Waals surface area (Å²) in [4.78, 5) is 10.8. The average Bonchev–Trinajstić information content (AvgIpc) is 1.81. The zero-order valence-corrected chi connectivity index (χ0v) is 7.39.